The first-order chi connectivity index (χ1) is 7.68. The zero-order valence-corrected chi connectivity index (χ0v) is 10.7. The zero-order valence-electron chi connectivity index (χ0n) is 9.89. The molecule has 1 amide bonds. The van der Waals surface area contributed by atoms with E-state index in [4.69, 9.17) is 0 Å². The summed E-state index contributed by atoms with van der Waals surface area (Å²) in [5, 5.41) is 9.73. The third-order valence-corrected chi connectivity index (χ3v) is 5.10. The summed E-state index contributed by atoms with van der Waals surface area (Å²) in [5.41, 5.74) is 0. The third-order valence-electron chi connectivity index (χ3n) is 3.74. The molecule has 1 N–H and O–H groups in total. The fourth-order valence-electron chi connectivity index (χ4n) is 2.58. The molecule has 2 unspecified atom stereocenters. The summed E-state index contributed by atoms with van der Waals surface area (Å²) < 4.78 is 0. The topological polar surface area (TPSA) is 40.5 Å². The second-order valence-electron chi connectivity index (χ2n) is 4.90. The molecule has 2 aliphatic heterocycles. The Labute approximate surface area is 102 Å². The SMILES string of the molecule is CC(O)C1CCN(C(=O)C2CCCS2)CC1. The Balaban J connectivity index is 1.81. The lowest BCUT2D eigenvalue weighted by Gasteiger charge is -2.34. The maximum atomic E-state index is 12.1. The molecule has 2 heterocycles. The number of aliphatic hydroxyl groups is 1. The van der Waals surface area contributed by atoms with Gasteiger partial charge in [0.1, 0.15) is 0 Å². The lowest BCUT2D eigenvalue weighted by atomic mass is 9.92. The molecule has 4 heteroatoms. The molecule has 92 valence electrons. The average molecular weight is 243 g/mol. The summed E-state index contributed by atoms with van der Waals surface area (Å²) >= 11 is 1.81. The van der Waals surface area contributed by atoms with E-state index in [1.165, 1.54) is 6.42 Å². The van der Waals surface area contributed by atoms with Gasteiger partial charge in [-0.1, -0.05) is 0 Å². The number of hydrogen-bond acceptors (Lipinski definition) is 3. The van der Waals surface area contributed by atoms with Crippen molar-refractivity contribution in [2.24, 2.45) is 5.92 Å². The quantitative estimate of drug-likeness (QED) is 0.799. The van der Waals surface area contributed by atoms with Crippen LogP contribution in [0.5, 0.6) is 0 Å². The molecule has 16 heavy (non-hydrogen) atoms. The molecule has 0 radical (unpaired) electrons. The molecular weight excluding hydrogens is 222 g/mol. The average Bonchev–Trinajstić information content (AvgIpc) is 2.81. The van der Waals surface area contributed by atoms with Gasteiger partial charge in [0.05, 0.1) is 11.4 Å². The number of thioether (sulfide) groups is 1. The van der Waals surface area contributed by atoms with Gasteiger partial charge in [0, 0.05) is 13.1 Å². The van der Waals surface area contributed by atoms with Gasteiger partial charge in [-0.2, -0.15) is 0 Å². The van der Waals surface area contributed by atoms with Gasteiger partial charge in [-0.25, -0.2) is 0 Å². The van der Waals surface area contributed by atoms with Crippen LogP contribution >= 0.6 is 11.8 Å². The lowest BCUT2D eigenvalue weighted by molar-refractivity contribution is -0.132. The minimum absolute atomic E-state index is 0.224. The number of nitrogens with zero attached hydrogens (tertiary/aromatic N) is 1. The van der Waals surface area contributed by atoms with Gasteiger partial charge in [-0.3, -0.25) is 4.79 Å². The molecule has 0 aromatic heterocycles. The highest BCUT2D eigenvalue weighted by molar-refractivity contribution is 8.00. The number of amides is 1. The van der Waals surface area contributed by atoms with Crippen LogP contribution < -0.4 is 0 Å². The van der Waals surface area contributed by atoms with Crippen molar-refractivity contribution in [3.05, 3.63) is 0 Å². The number of hydrogen-bond donors (Lipinski definition) is 1. The first kappa shape index (κ1) is 12.2. The molecule has 0 saturated carbocycles. The highest BCUT2D eigenvalue weighted by Gasteiger charge is 2.31. The zero-order chi connectivity index (χ0) is 11.5. The van der Waals surface area contributed by atoms with E-state index in [-0.39, 0.29) is 11.4 Å². The number of likely N-dealkylation sites (tertiary alicyclic amines) is 1. The van der Waals surface area contributed by atoms with E-state index in [0.717, 1.165) is 38.1 Å². The normalized spacial score (nSPS) is 29.4. The van der Waals surface area contributed by atoms with E-state index in [1.54, 1.807) is 0 Å². The molecule has 2 aliphatic rings. The number of rotatable bonds is 2. The smallest absolute Gasteiger partial charge is 0.235 e. The van der Waals surface area contributed by atoms with Crippen molar-refractivity contribution in [2.75, 3.05) is 18.8 Å². The molecule has 0 aromatic rings. The molecule has 2 saturated heterocycles. The van der Waals surface area contributed by atoms with Gasteiger partial charge in [0.15, 0.2) is 0 Å². The highest BCUT2D eigenvalue weighted by Crippen LogP contribution is 2.29. The van der Waals surface area contributed by atoms with Crippen LogP contribution in [0.15, 0.2) is 0 Å². The third kappa shape index (κ3) is 2.72. The first-order valence-corrected chi connectivity index (χ1v) is 7.32. The Morgan fingerprint density at radius 3 is 2.56 bits per heavy atom. The molecule has 0 bridgehead atoms. The second-order valence-corrected chi connectivity index (χ2v) is 6.22. The number of aliphatic hydroxyl groups excluding tert-OH is 1. The van der Waals surface area contributed by atoms with E-state index >= 15 is 0 Å². The van der Waals surface area contributed by atoms with Crippen LogP contribution in [-0.4, -0.2) is 46.1 Å². The fraction of sp³-hybridized carbons (Fsp3) is 0.917. The van der Waals surface area contributed by atoms with Gasteiger partial charge in [0.2, 0.25) is 5.91 Å². The van der Waals surface area contributed by atoms with Crippen molar-refractivity contribution in [3.63, 3.8) is 0 Å². The van der Waals surface area contributed by atoms with Crippen molar-refractivity contribution < 1.29 is 9.90 Å². The van der Waals surface area contributed by atoms with Crippen LogP contribution in [0, 0.1) is 5.92 Å². The molecule has 0 aromatic carbocycles. The summed E-state index contributed by atoms with van der Waals surface area (Å²) in [6, 6.07) is 0. The number of carbonyl (C=O) groups is 1. The molecule has 2 rings (SSSR count). The largest absolute Gasteiger partial charge is 0.393 e. The summed E-state index contributed by atoms with van der Waals surface area (Å²) in [5.74, 6) is 1.87. The Morgan fingerprint density at radius 2 is 2.06 bits per heavy atom. The molecule has 0 spiro atoms. The maximum absolute atomic E-state index is 12.1. The summed E-state index contributed by atoms with van der Waals surface area (Å²) in [6.07, 6.45) is 3.94. The molecule has 3 nitrogen and oxygen atoms in total. The maximum Gasteiger partial charge on any atom is 0.235 e. The van der Waals surface area contributed by atoms with Crippen LogP contribution in [0.3, 0.4) is 0 Å². The van der Waals surface area contributed by atoms with Crippen LogP contribution in [0.2, 0.25) is 0 Å². The van der Waals surface area contributed by atoms with E-state index in [2.05, 4.69) is 0 Å². The molecular formula is C12H21NO2S. The first-order valence-electron chi connectivity index (χ1n) is 6.27. The molecule has 0 aliphatic carbocycles. The minimum Gasteiger partial charge on any atom is -0.393 e. The fourth-order valence-corrected chi connectivity index (χ4v) is 3.82. The monoisotopic (exact) mass is 243 g/mol. The number of carbonyl (C=O) groups excluding carboxylic acids is 1. The second kappa shape index (κ2) is 5.41. The Morgan fingerprint density at radius 1 is 1.38 bits per heavy atom. The summed E-state index contributed by atoms with van der Waals surface area (Å²) in [4.78, 5) is 14.1. The molecule has 2 fully saturated rings. The van der Waals surface area contributed by atoms with Crippen LogP contribution in [-0.2, 0) is 4.79 Å². The van der Waals surface area contributed by atoms with Gasteiger partial charge in [-0.15, -0.1) is 11.8 Å². The minimum atomic E-state index is -0.224. The van der Waals surface area contributed by atoms with E-state index in [1.807, 2.05) is 23.6 Å². The predicted octanol–water partition coefficient (Wildman–Crippen LogP) is 1.50. The van der Waals surface area contributed by atoms with E-state index < -0.39 is 0 Å². The Kier molecular flexibility index (Phi) is 4.14. The van der Waals surface area contributed by atoms with Gasteiger partial charge in [0.25, 0.3) is 0 Å². The summed E-state index contributed by atoms with van der Waals surface area (Å²) in [6.45, 7) is 3.53. The van der Waals surface area contributed by atoms with E-state index in [9.17, 15) is 9.90 Å². The summed E-state index contributed by atoms with van der Waals surface area (Å²) in [7, 11) is 0. The Hall–Kier alpha value is -0.220. The van der Waals surface area contributed by atoms with Crippen LogP contribution in [0.4, 0.5) is 0 Å². The predicted molar refractivity (Wildman–Crippen MR) is 66.5 cm³/mol. The standard InChI is InChI=1S/C12H21NO2S/c1-9(14)10-4-6-13(7-5-10)12(15)11-3-2-8-16-11/h9-11,14H,2-8H2,1H3. The van der Waals surface area contributed by atoms with Crippen molar-refractivity contribution in [1.82, 2.24) is 4.90 Å². The van der Waals surface area contributed by atoms with Gasteiger partial charge >= 0.3 is 0 Å². The van der Waals surface area contributed by atoms with Crippen LogP contribution in [0.25, 0.3) is 0 Å². The Bertz CT molecular complexity index is 243. The van der Waals surface area contributed by atoms with Crippen molar-refractivity contribution in [2.45, 2.75) is 44.0 Å². The number of piperidine rings is 1. The van der Waals surface area contributed by atoms with Crippen molar-refractivity contribution in [1.29, 1.82) is 0 Å². The highest BCUT2D eigenvalue weighted by atomic mass is 32.2. The van der Waals surface area contributed by atoms with Gasteiger partial charge in [-0.05, 0) is 44.3 Å². The van der Waals surface area contributed by atoms with E-state index in [0.29, 0.717) is 11.8 Å². The lowest BCUT2D eigenvalue weighted by Crippen LogP contribution is -2.43. The van der Waals surface area contributed by atoms with Crippen molar-refractivity contribution in [3.8, 4) is 0 Å². The van der Waals surface area contributed by atoms with Crippen molar-refractivity contribution >= 4 is 17.7 Å². The molecule has 2 atom stereocenters. The van der Waals surface area contributed by atoms with Crippen LogP contribution in [0.1, 0.15) is 32.6 Å². The van der Waals surface area contributed by atoms with Gasteiger partial charge < -0.3 is 10.0 Å².